The van der Waals surface area contributed by atoms with Crippen LogP contribution in [0.5, 0.6) is 11.5 Å². The van der Waals surface area contributed by atoms with Gasteiger partial charge in [0.25, 0.3) is 0 Å². The molecule has 2 aromatic rings. The average Bonchev–Trinajstić information content (AvgIpc) is 2.89. The number of hydrogen-bond donors (Lipinski definition) is 0. The Labute approximate surface area is 147 Å². The SMILES string of the molecule is COc1cccc(OS(=O)(=O)c2ccc3c(c2)C[C@@H](C)N3C(C)=O)c1. The van der Waals surface area contributed by atoms with Gasteiger partial charge in [-0.15, -0.1) is 0 Å². The van der Waals surface area contributed by atoms with Gasteiger partial charge in [0.2, 0.25) is 5.91 Å². The summed E-state index contributed by atoms with van der Waals surface area (Å²) in [5, 5.41) is 0. The number of rotatable bonds is 4. The van der Waals surface area contributed by atoms with Gasteiger partial charge < -0.3 is 13.8 Å². The van der Waals surface area contributed by atoms with E-state index in [4.69, 9.17) is 8.92 Å². The molecule has 0 spiro atoms. The van der Waals surface area contributed by atoms with Gasteiger partial charge in [-0.1, -0.05) is 6.07 Å². The molecule has 0 bridgehead atoms. The van der Waals surface area contributed by atoms with Crippen molar-refractivity contribution < 1.29 is 22.1 Å². The lowest BCUT2D eigenvalue weighted by atomic mass is 10.1. The van der Waals surface area contributed by atoms with Crippen molar-refractivity contribution in [2.75, 3.05) is 12.0 Å². The van der Waals surface area contributed by atoms with E-state index in [2.05, 4.69) is 0 Å². The number of anilines is 1. The second-order valence-corrected chi connectivity index (χ2v) is 7.50. The molecule has 1 aliphatic heterocycles. The monoisotopic (exact) mass is 361 g/mol. The molecule has 0 unspecified atom stereocenters. The van der Waals surface area contributed by atoms with E-state index in [0.717, 1.165) is 11.3 Å². The number of amides is 1. The predicted octanol–water partition coefficient (Wildman–Crippen LogP) is 2.76. The Morgan fingerprint density at radius 1 is 1.16 bits per heavy atom. The van der Waals surface area contributed by atoms with Gasteiger partial charge in [-0.25, -0.2) is 0 Å². The van der Waals surface area contributed by atoms with E-state index in [9.17, 15) is 13.2 Å². The van der Waals surface area contributed by atoms with Crippen LogP contribution in [0.15, 0.2) is 47.4 Å². The Morgan fingerprint density at radius 2 is 1.88 bits per heavy atom. The van der Waals surface area contributed by atoms with Crippen LogP contribution in [0.3, 0.4) is 0 Å². The molecule has 0 fully saturated rings. The Morgan fingerprint density at radius 3 is 2.56 bits per heavy atom. The first-order chi connectivity index (χ1) is 11.8. The van der Waals surface area contributed by atoms with Crippen molar-refractivity contribution >= 4 is 21.7 Å². The van der Waals surface area contributed by atoms with Crippen LogP contribution in [0, 0.1) is 0 Å². The molecule has 7 heteroatoms. The molecule has 0 N–H and O–H groups in total. The Balaban J connectivity index is 1.91. The van der Waals surface area contributed by atoms with Crippen LogP contribution in [0.25, 0.3) is 0 Å². The molecule has 1 aliphatic rings. The maximum atomic E-state index is 12.6. The van der Waals surface area contributed by atoms with Crippen molar-refractivity contribution in [2.24, 2.45) is 0 Å². The Hall–Kier alpha value is -2.54. The molecular formula is C18H19NO5S. The van der Waals surface area contributed by atoms with Crippen LogP contribution >= 0.6 is 0 Å². The van der Waals surface area contributed by atoms with Gasteiger partial charge in [0.05, 0.1) is 7.11 Å². The first-order valence-corrected chi connectivity index (χ1v) is 9.24. The number of ether oxygens (including phenoxy) is 1. The molecule has 0 radical (unpaired) electrons. The highest BCUT2D eigenvalue weighted by molar-refractivity contribution is 7.87. The molecule has 6 nitrogen and oxygen atoms in total. The molecule has 132 valence electrons. The normalized spacial score (nSPS) is 16.4. The molecule has 0 saturated heterocycles. The minimum absolute atomic E-state index is 0.00440. The third kappa shape index (κ3) is 3.32. The number of nitrogens with zero attached hydrogens (tertiary/aromatic N) is 1. The molecule has 0 aliphatic carbocycles. The number of benzene rings is 2. The summed E-state index contributed by atoms with van der Waals surface area (Å²) < 4.78 is 35.4. The zero-order chi connectivity index (χ0) is 18.2. The molecule has 1 atom stereocenters. The van der Waals surface area contributed by atoms with Gasteiger partial charge in [-0.3, -0.25) is 4.79 Å². The fourth-order valence-corrected chi connectivity index (χ4v) is 4.05. The Kier molecular flexibility index (Phi) is 4.43. The largest absolute Gasteiger partial charge is 0.497 e. The van der Waals surface area contributed by atoms with E-state index in [1.165, 1.54) is 26.2 Å². The summed E-state index contributed by atoms with van der Waals surface area (Å²) in [6.45, 7) is 3.43. The van der Waals surface area contributed by atoms with Crippen LogP contribution in [-0.4, -0.2) is 27.5 Å². The second-order valence-electron chi connectivity index (χ2n) is 5.95. The quantitative estimate of drug-likeness (QED) is 0.783. The molecule has 2 aromatic carbocycles. The van der Waals surface area contributed by atoms with Crippen LogP contribution < -0.4 is 13.8 Å². The van der Waals surface area contributed by atoms with E-state index >= 15 is 0 Å². The lowest BCUT2D eigenvalue weighted by Gasteiger charge is -2.20. The lowest BCUT2D eigenvalue weighted by molar-refractivity contribution is -0.116. The van der Waals surface area contributed by atoms with Gasteiger partial charge in [-0.05, 0) is 49.2 Å². The Bertz CT molecular complexity index is 923. The number of fused-ring (bicyclic) bond motifs is 1. The van der Waals surface area contributed by atoms with Crippen LogP contribution in [0.1, 0.15) is 19.4 Å². The van der Waals surface area contributed by atoms with Crippen LogP contribution in [0.4, 0.5) is 5.69 Å². The van der Waals surface area contributed by atoms with Crippen molar-refractivity contribution in [1.82, 2.24) is 0 Å². The summed E-state index contributed by atoms with van der Waals surface area (Å²) in [4.78, 5) is 13.5. The minimum atomic E-state index is -3.97. The molecular weight excluding hydrogens is 342 g/mol. The van der Waals surface area contributed by atoms with E-state index < -0.39 is 10.1 Å². The van der Waals surface area contributed by atoms with Gasteiger partial charge in [-0.2, -0.15) is 8.42 Å². The summed E-state index contributed by atoms with van der Waals surface area (Å²) in [6.07, 6.45) is 0.609. The topological polar surface area (TPSA) is 72.9 Å². The highest BCUT2D eigenvalue weighted by Gasteiger charge is 2.30. The first kappa shape index (κ1) is 17.3. The smallest absolute Gasteiger partial charge is 0.339 e. The molecule has 0 saturated carbocycles. The lowest BCUT2D eigenvalue weighted by Crippen LogP contribution is -2.33. The molecule has 1 heterocycles. The predicted molar refractivity (Wildman–Crippen MR) is 93.6 cm³/mol. The molecule has 3 rings (SSSR count). The van der Waals surface area contributed by atoms with Gasteiger partial charge in [0.15, 0.2) is 0 Å². The number of methoxy groups -OCH3 is 1. The third-order valence-electron chi connectivity index (χ3n) is 4.14. The summed E-state index contributed by atoms with van der Waals surface area (Å²) in [5.41, 5.74) is 1.57. The summed E-state index contributed by atoms with van der Waals surface area (Å²) in [5.74, 6) is 0.626. The van der Waals surface area contributed by atoms with E-state index in [0.29, 0.717) is 12.2 Å². The van der Waals surface area contributed by atoms with Crippen LogP contribution in [-0.2, 0) is 21.3 Å². The zero-order valence-corrected chi connectivity index (χ0v) is 15.0. The second kappa shape index (κ2) is 6.40. The van der Waals surface area contributed by atoms with Gasteiger partial charge >= 0.3 is 10.1 Å². The highest BCUT2D eigenvalue weighted by Crippen LogP contribution is 2.34. The van der Waals surface area contributed by atoms with E-state index in [1.807, 2.05) is 6.92 Å². The van der Waals surface area contributed by atoms with E-state index in [1.54, 1.807) is 35.2 Å². The minimum Gasteiger partial charge on any atom is -0.497 e. The molecule has 0 aromatic heterocycles. The average molecular weight is 361 g/mol. The fraction of sp³-hybridized carbons (Fsp3) is 0.278. The maximum Gasteiger partial charge on any atom is 0.339 e. The van der Waals surface area contributed by atoms with Gasteiger partial charge in [0, 0.05) is 24.7 Å². The van der Waals surface area contributed by atoms with Crippen molar-refractivity contribution in [3.05, 3.63) is 48.0 Å². The molecule has 25 heavy (non-hydrogen) atoms. The number of hydrogen-bond acceptors (Lipinski definition) is 5. The van der Waals surface area contributed by atoms with Gasteiger partial charge in [0.1, 0.15) is 16.4 Å². The van der Waals surface area contributed by atoms with E-state index in [-0.39, 0.29) is 22.6 Å². The van der Waals surface area contributed by atoms with Crippen molar-refractivity contribution in [2.45, 2.75) is 31.2 Å². The summed E-state index contributed by atoms with van der Waals surface area (Å²) in [6, 6.07) is 11.1. The highest BCUT2D eigenvalue weighted by atomic mass is 32.2. The fourth-order valence-electron chi connectivity index (χ4n) is 3.07. The number of carbonyl (C=O) groups excluding carboxylic acids is 1. The molecule has 1 amide bonds. The first-order valence-electron chi connectivity index (χ1n) is 7.83. The third-order valence-corrected chi connectivity index (χ3v) is 5.38. The van der Waals surface area contributed by atoms with Crippen LogP contribution in [0.2, 0.25) is 0 Å². The number of carbonyl (C=O) groups is 1. The summed E-state index contributed by atoms with van der Waals surface area (Å²) >= 11 is 0. The maximum absolute atomic E-state index is 12.6. The zero-order valence-electron chi connectivity index (χ0n) is 14.2. The van der Waals surface area contributed by atoms with Crippen molar-refractivity contribution in [1.29, 1.82) is 0 Å². The summed E-state index contributed by atoms with van der Waals surface area (Å²) in [7, 11) is -2.48. The van der Waals surface area contributed by atoms with Crippen molar-refractivity contribution in [3.63, 3.8) is 0 Å². The van der Waals surface area contributed by atoms with Crippen molar-refractivity contribution in [3.8, 4) is 11.5 Å². The standard InChI is InChI=1S/C18H19NO5S/c1-12-9-14-10-17(7-8-18(14)19(12)13(2)20)25(21,22)24-16-6-4-5-15(11-16)23-3/h4-8,10-12H,9H2,1-3H3/t12-/m1/s1.